The van der Waals surface area contributed by atoms with Crippen LogP contribution in [-0.2, 0) is 9.53 Å². The maximum absolute atomic E-state index is 12.2. The van der Waals surface area contributed by atoms with Gasteiger partial charge in [-0.25, -0.2) is 0 Å². The molecule has 4 aliphatic rings. The van der Waals surface area contributed by atoms with Crippen molar-refractivity contribution in [3.63, 3.8) is 0 Å². The summed E-state index contributed by atoms with van der Waals surface area (Å²) in [5.41, 5.74) is 2.40. The highest BCUT2D eigenvalue weighted by atomic mass is 16.5. The number of rotatable bonds is 2. The number of methoxy groups -OCH3 is 1. The van der Waals surface area contributed by atoms with Gasteiger partial charge in [-0.05, 0) is 85.4 Å². The fraction of sp³-hybridized carbons (Fsp3) is 0.875. The van der Waals surface area contributed by atoms with E-state index in [1.165, 1.54) is 26.4 Å². The molecule has 27 heavy (non-hydrogen) atoms. The Labute approximate surface area is 164 Å². The molecule has 0 aromatic carbocycles. The number of aliphatic hydroxyl groups excluding tert-OH is 1. The molecule has 0 saturated heterocycles. The molecule has 0 aliphatic heterocycles. The fourth-order valence-electron chi connectivity index (χ4n) is 8.07. The van der Waals surface area contributed by atoms with Gasteiger partial charge in [0.2, 0.25) is 0 Å². The van der Waals surface area contributed by atoms with E-state index in [1.54, 1.807) is 5.57 Å². The quantitative estimate of drug-likeness (QED) is 0.539. The van der Waals surface area contributed by atoms with Crippen LogP contribution >= 0.6 is 0 Å². The lowest BCUT2D eigenvalue weighted by Gasteiger charge is -2.61. The van der Waals surface area contributed by atoms with Gasteiger partial charge in [-0.3, -0.25) is 4.79 Å². The molecule has 3 heteroatoms. The molecule has 0 spiro atoms. The van der Waals surface area contributed by atoms with Gasteiger partial charge in [-0.1, -0.05) is 39.3 Å². The third kappa shape index (κ3) is 2.59. The number of carbonyl (C=O) groups excluding carboxylic acids is 1. The smallest absolute Gasteiger partial charge is 0.308 e. The Kier molecular flexibility index (Phi) is 4.57. The van der Waals surface area contributed by atoms with Crippen LogP contribution in [0.5, 0.6) is 0 Å². The standard InChI is InChI=1S/C24H38O3/c1-15(21(26)27-5)18-6-7-19-17-9-11-22(2)14-16(25)8-13-24(22,4)20(17)10-12-23(18,19)3/h10,15-19,25H,6-9,11-14H2,1-5H3/t15-,16+,17?,18+,19?,22+,23+,24+/m0/s1. The van der Waals surface area contributed by atoms with Crippen LogP contribution in [0, 0.1) is 39.9 Å². The molecule has 3 saturated carbocycles. The van der Waals surface area contributed by atoms with E-state index in [0.29, 0.717) is 17.8 Å². The average molecular weight is 375 g/mol. The number of hydrogen-bond donors (Lipinski definition) is 1. The highest BCUT2D eigenvalue weighted by molar-refractivity contribution is 5.72. The van der Waals surface area contributed by atoms with Crippen LogP contribution in [0.25, 0.3) is 0 Å². The van der Waals surface area contributed by atoms with Gasteiger partial charge in [0.25, 0.3) is 0 Å². The van der Waals surface area contributed by atoms with Crippen LogP contribution < -0.4 is 0 Å². The molecule has 4 rings (SSSR count). The summed E-state index contributed by atoms with van der Waals surface area (Å²) in [6.45, 7) is 9.44. The number of aliphatic hydroxyl groups is 1. The van der Waals surface area contributed by atoms with E-state index in [0.717, 1.165) is 32.1 Å². The summed E-state index contributed by atoms with van der Waals surface area (Å²) in [4.78, 5) is 12.2. The SMILES string of the molecule is COC(=O)[C@@H](C)[C@H]1CCC2C3CC[C@]4(C)C[C@H](O)CC[C@]4(C)C3=CC[C@@]21C. The van der Waals surface area contributed by atoms with Crippen LogP contribution in [-0.4, -0.2) is 24.3 Å². The van der Waals surface area contributed by atoms with E-state index in [1.807, 2.05) is 0 Å². The second-order valence-electron chi connectivity index (χ2n) is 10.9. The summed E-state index contributed by atoms with van der Waals surface area (Å²) in [7, 11) is 1.52. The average Bonchev–Trinajstić information content (AvgIpc) is 2.98. The molecule has 0 aromatic heterocycles. The van der Waals surface area contributed by atoms with Gasteiger partial charge in [-0.2, -0.15) is 0 Å². The zero-order valence-electron chi connectivity index (χ0n) is 17.9. The Hall–Kier alpha value is -0.830. The molecule has 0 radical (unpaired) electrons. The number of fused-ring (bicyclic) bond motifs is 5. The van der Waals surface area contributed by atoms with E-state index >= 15 is 0 Å². The summed E-state index contributed by atoms with van der Waals surface area (Å²) < 4.78 is 5.09. The van der Waals surface area contributed by atoms with Gasteiger partial charge in [-0.15, -0.1) is 0 Å². The fourth-order valence-corrected chi connectivity index (χ4v) is 8.07. The highest BCUT2D eigenvalue weighted by Crippen LogP contribution is 2.69. The number of ether oxygens (including phenoxy) is 1. The lowest BCUT2D eigenvalue weighted by atomic mass is 9.43. The minimum Gasteiger partial charge on any atom is -0.469 e. The van der Waals surface area contributed by atoms with E-state index < -0.39 is 0 Å². The largest absolute Gasteiger partial charge is 0.469 e. The molecule has 0 bridgehead atoms. The van der Waals surface area contributed by atoms with Crippen LogP contribution in [0.15, 0.2) is 11.6 Å². The zero-order chi connectivity index (χ0) is 19.6. The van der Waals surface area contributed by atoms with Crippen LogP contribution in [0.4, 0.5) is 0 Å². The van der Waals surface area contributed by atoms with Gasteiger partial charge >= 0.3 is 5.97 Å². The predicted molar refractivity (Wildman–Crippen MR) is 107 cm³/mol. The van der Waals surface area contributed by atoms with Gasteiger partial charge < -0.3 is 9.84 Å². The second kappa shape index (κ2) is 6.34. The van der Waals surface area contributed by atoms with Crippen molar-refractivity contribution < 1.29 is 14.6 Å². The lowest BCUT2D eigenvalue weighted by molar-refractivity contribution is -0.148. The van der Waals surface area contributed by atoms with Crippen molar-refractivity contribution in [2.75, 3.05) is 7.11 Å². The van der Waals surface area contributed by atoms with Crippen molar-refractivity contribution in [2.24, 2.45) is 39.9 Å². The van der Waals surface area contributed by atoms with Crippen LogP contribution in [0.2, 0.25) is 0 Å². The zero-order valence-corrected chi connectivity index (χ0v) is 17.9. The van der Waals surface area contributed by atoms with Gasteiger partial charge in [0.1, 0.15) is 0 Å². The second-order valence-corrected chi connectivity index (χ2v) is 10.9. The Morgan fingerprint density at radius 3 is 2.63 bits per heavy atom. The molecule has 4 aliphatic carbocycles. The molecular formula is C24H38O3. The maximum atomic E-state index is 12.2. The molecule has 3 nitrogen and oxygen atoms in total. The third-order valence-corrected chi connectivity index (χ3v) is 9.95. The van der Waals surface area contributed by atoms with Gasteiger partial charge in [0, 0.05) is 0 Å². The minimum atomic E-state index is -0.120. The molecule has 1 N–H and O–H groups in total. The van der Waals surface area contributed by atoms with Crippen molar-refractivity contribution in [3.05, 3.63) is 11.6 Å². The first-order valence-corrected chi connectivity index (χ1v) is 11.1. The topological polar surface area (TPSA) is 46.5 Å². The minimum absolute atomic E-state index is 0.00535. The molecule has 0 heterocycles. The summed E-state index contributed by atoms with van der Waals surface area (Å²) in [6, 6.07) is 0. The molecule has 3 fully saturated rings. The number of hydrogen-bond acceptors (Lipinski definition) is 3. The van der Waals surface area contributed by atoms with Gasteiger partial charge in [0.05, 0.1) is 19.1 Å². The first kappa shape index (κ1) is 19.5. The van der Waals surface area contributed by atoms with E-state index in [4.69, 9.17) is 4.74 Å². The third-order valence-electron chi connectivity index (χ3n) is 9.95. The van der Waals surface area contributed by atoms with Crippen molar-refractivity contribution in [1.82, 2.24) is 0 Å². The van der Waals surface area contributed by atoms with Gasteiger partial charge in [0.15, 0.2) is 0 Å². The van der Waals surface area contributed by atoms with Crippen molar-refractivity contribution >= 4 is 5.97 Å². The normalized spacial score (nSPS) is 50.1. The molecule has 8 atom stereocenters. The Morgan fingerprint density at radius 1 is 1.19 bits per heavy atom. The first-order chi connectivity index (χ1) is 12.7. The number of allylic oxidation sites excluding steroid dienone is 2. The van der Waals surface area contributed by atoms with Crippen molar-refractivity contribution in [2.45, 2.75) is 85.2 Å². The lowest BCUT2D eigenvalue weighted by Crippen LogP contribution is -2.53. The van der Waals surface area contributed by atoms with Crippen LogP contribution in [0.1, 0.15) is 79.1 Å². The molecule has 152 valence electrons. The summed E-state index contributed by atoms with van der Waals surface area (Å²) in [5.74, 6) is 1.76. The van der Waals surface area contributed by atoms with Crippen molar-refractivity contribution in [3.8, 4) is 0 Å². The van der Waals surface area contributed by atoms with Crippen molar-refractivity contribution in [1.29, 1.82) is 0 Å². The number of esters is 1. The van der Waals surface area contributed by atoms with E-state index in [-0.39, 0.29) is 34.2 Å². The maximum Gasteiger partial charge on any atom is 0.308 e. The molecular weight excluding hydrogens is 336 g/mol. The summed E-state index contributed by atoms with van der Waals surface area (Å²) in [6.07, 6.45) is 11.5. The Balaban J connectivity index is 1.67. The molecule has 0 amide bonds. The predicted octanol–water partition coefficient (Wildman–Crippen LogP) is 5.13. The van der Waals surface area contributed by atoms with E-state index in [9.17, 15) is 9.90 Å². The van der Waals surface area contributed by atoms with E-state index in [2.05, 4.69) is 33.8 Å². The first-order valence-electron chi connectivity index (χ1n) is 11.1. The highest BCUT2D eigenvalue weighted by Gasteiger charge is 2.61. The number of carbonyl (C=O) groups is 1. The summed E-state index contributed by atoms with van der Waals surface area (Å²) >= 11 is 0. The molecule has 0 aromatic rings. The summed E-state index contributed by atoms with van der Waals surface area (Å²) in [5, 5.41) is 10.3. The monoisotopic (exact) mass is 374 g/mol. The molecule has 2 unspecified atom stereocenters. The Bertz CT molecular complexity index is 654. The van der Waals surface area contributed by atoms with Crippen LogP contribution in [0.3, 0.4) is 0 Å². The Morgan fingerprint density at radius 2 is 1.93 bits per heavy atom.